The fourth-order valence-electron chi connectivity index (χ4n) is 2.14. The Hall–Kier alpha value is -0.860. The molecular weight excluding hydrogens is 144 g/mol. The van der Waals surface area contributed by atoms with Crippen molar-refractivity contribution < 1.29 is 14.3 Å². The zero-order chi connectivity index (χ0) is 8.22. The topological polar surface area (TPSA) is 43.4 Å². The largest absolute Gasteiger partial charge is 0.393 e. The Morgan fingerprint density at radius 1 is 1.36 bits per heavy atom. The van der Waals surface area contributed by atoms with Gasteiger partial charge in [0.15, 0.2) is 0 Å². The number of rotatable bonds is 0. The standard InChI is InChI=1S/C8H10O3/c1-8(2)3-4-5(8)7(10)11-6(4)9/h4-5H,3H2,1-2H3. The number of hydrogen-bond donors (Lipinski definition) is 0. The van der Waals surface area contributed by atoms with Gasteiger partial charge in [-0.2, -0.15) is 0 Å². The van der Waals surface area contributed by atoms with Crippen LogP contribution in [0.25, 0.3) is 0 Å². The molecule has 0 amide bonds. The fourth-order valence-corrected chi connectivity index (χ4v) is 2.14. The maximum atomic E-state index is 11.0. The third-order valence-electron chi connectivity index (χ3n) is 2.75. The smallest absolute Gasteiger partial charge is 0.318 e. The van der Waals surface area contributed by atoms with Crippen LogP contribution in [-0.4, -0.2) is 11.9 Å². The van der Waals surface area contributed by atoms with Gasteiger partial charge in [-0.25, -0.2) is 0 Å². The van der Waals surface area contributed by atoms with Gasteiger partial charge < -0.3 is 4.74 Å². The highest BCUT2D eigenvalue weighted by molar-refractivity contribution is 5.98. The first-order valence-corrected chi connectivity index (χ1v) is 3.78. The summed E-state index contributed by atoms with van der Waals surface area (Å²) in [5, 5.41) is 0. The van der Waals surface area contributed by atoms with Crippen molar-refractivity contribution in [1.29, 1.82) is 0 Å². The minimum atomic E-state index is -0.323. The number of ether oxygens (including phenoxy) is 1. The molecule has 0 aromatic heterocycles. The summed E-state index contributed by atoms with van der Waals surface area (Å²) in [6.45, 7) is 3.99. The molecule has 0 bridgehead atoms. The van der Waals surface area contributed by atoms with Crippen molar-refractivity contribution in [2.45, 2.75) is 20.3 Å². The van der Waals surface area contributed by atoms with Gasteiger partial charge in [0.1, 0.15) is 0 Å². The second kappa shape index (κ2) is 1.65. The summed E-state index contributed by atoms with van der Waals surface area (Å²) >= 11 is 0. The maximum Gasteiger partial charge on any atom is 0.318 e. The van der Waals surface area contributed by atoms with Crippen molar-refractivity contribution in [2.75, 3.05) is 0 Å². The predicted molar refractivity (Wildman–Crippen MR) is 36.5 cm³/mol. The van der Waals surface area contributed by atoms with E-state index in [4.69, 9.17) is 0 Å². The average molecular weight is 154 g/mol. The zero-order valence-corrected chi connectivity index (χ0v) is 6.59. The molecule has 2 rings (SSSR count). The average Bonchev–Trinajstić information content (AvgIpc) is 2.03. The van der Waals surface area contributed by atoms with Gasteiger partial charge in [0.2, 0.25) is 0 Å². The Kier molecular flexibility index (Phi) is 1.03. The van der Waals surface area contributed by atoms with Gasteiger partial charge in [-0.1, -0.05) is 13.8 Å². The van der Waals surface area contributed by atoms with E-state index >= 15 is 0 Å². The summed E-state index contributed by atoms with van der Waals surface area (Å²) in [6.07, 6.45) is 0.794. The monoisotopic (exact) mass is 154 g/mol. The number of fused-ring (bicyclic) bond motifs is 1. The molecule has 1 saturated heterocycles. The van der Waals surface area contributed by atoms with Crippen LogP contribution in [0.2, 0.25) is 0 Å². The lowest BCUT2D eigenvalue weighted by atomic mass is 9.57. The quantitative estimate of drug-likeness (QED) is 0.381. The van der Waals surface area contributed by atoms with Gasteiger partial charge in [-0.05, 0) is 11.8 Å². The second-order valence-corrected chi connectivity index (χ2v) is 4.02. The molecule has 0 N–H and O–H groups in total. The molecule has 2 unspecified atom stereocenters. The normalized spacial score (nSPS) is 39.5. The van der Waals surface area contributed by atoms with Crippen LogP contribution in [0.4, 0.5) is 0 Å². The Labute approximate surface area is 64.7 Å². The van der Waals surface area contributed by atoms with Crippen LogP contribution in [0.15, 0.2) is 0 Å². The first-order valence-electron chi connectivity index (χ1n) is 3.78. The van der Waals surface area contributed by atoms with Crippen LogP contribution < -0.4 is 0 Å². The van der Waals surface area contributed by atoms with Crippen molar-refractivity contribution >= 4 is 11.9 Å². The van der Waals surface area contributed by atoms with E-state index in [1.54, 1.807) is 0 Å². The van der Waals surface area contributed by atoms with Crippen LogP contribution in [-0.2, 0) is 14.3 Å². The van der Waals surface area contributed by atoms with E-state index in [0.717, 1.165) is 6.42 Å². The number of carbonyl (C=O) groups excluding carboxylic acids is 2. The maximum absolute atomic E-state index is 11.0. The molecule has 0 aromatic rings. The van der Waals surface area contributed by atoms with E-state index in [1.165, 1.54) is 0 Å². The molecule has 1 aliphatic heterocycles. The highest BCUT2D eigenvalue weighted by atomic mass is 16.6. The molecule has 1 heterocycles. The van der Waals surface area contributed by atoms with Crippen LogP contribution in [0, 0.1) is 17.3 Å². The molecule has 0 spiro atoms. The first kappa shape index (κ1) is 6.83. The molecule has 1 saturated carbocycles. The lowest BCUT2D eigenvalue weighted by Crippen LogP contribution is -2.45. The van der Waals surface area contributed by atoms with Gasteiger partial charge >= 0.3 is 11.9 Å². The molecular formula is C8H10O3. The molecule has 11 heavy (non-hydrogen) atoms. The van der Waals surface area contributed by atoms with Crippen LogP contribution in [0.5, 0.6) is 0 Å². The van der Waals surface area contributed by atoms with E-state index < -0.39 is 0 Å². The number of carbonyl (C=O) groups is 2. The summed E-state index contributed by atoms with van der Waals surface area (Å²) < 4.78 is 4.51. The van der Waals surface area contributed by atoms with Crippen LogP contribution >= 0.6 is 0 Å². The number of hydrogen-bond acceptors (Lipinski definition) is 3. The zero-order valence-electron chi connectivity index (χ0n) is 6.59. The van der Waals surface area contributed by atoms with E-state index in [9.17, 15) is 9.59 Å². The Morgan fingerprint density at radius 2 is 2.00 bits per heavy atom. The minimum absolute atomic E-state index is 0.0199. The lowest BCUT2D eigenvalue weighted by Gasteiger charge is -2.42. The molecule has 3 heteroatoms. The van der Waals surface area contributed by atoms with Gasteiger partial charge in [0, 0.05) is 0 Å². The molecule has 2 atom stereocenters. The van der Waals surface area contributed by atoms with E-state index in [1.807, 2.05) is 13.8 Å². The molecule has 3 nitrogen and oxygen atoms in total. The molecule has 1 aliphatic carbocycles. The van der Waals surface area contributed by atoms with Gasteiger partial charge in [0.05, 0.1) is 11.8 Å². The van der Waals surface area contributed by atoms with E-state index in [-0.39, 0.29) is 29.2 Å². The summed E-state index contributed by atoms with van der Waals surface area (Å²) in [4.78, 5) is 21.9. The number of esters is 2. The molecule has 0 aromatic carbocycles. The SMILES string of the molecule is CC1(C)CC2C(=O)OC(=O)C21. The van der Waals surface area contributed by atoms with Crippen molar-refractivity contribution in [1.82, 2.24) is 0 Å². The van der Waals surface area contributed by atoms with Gasteiger partial charge in [-0.15, -0.1) is 0 Å². The highest BCUT2D eigenvalue weighted by Gasteiger charge is 2.61. The van der Waals surface area contributed by atoms with Crippen molar-refractivity contribution in [2.24, 2.45) is 17.3 Å². The molecule has 2 aliphatic rings. The van der Waals surface area contributed by atoms with Crippen LogP contribution in [0.3, 0.4) is 0 Å². The highest BCUT2D eigenvalue weighted by Crippen LogP contribution is 2.54. The lowest BCUT2D eigenvalue weighted by molar-refractivity contribution is -0.153. The third kappa shape index (κ3) is 0.682. The Bertz CT molecular complexity index is 242. The molecule has 60 valence electrons. The molecule has 0 radical (unpaired) electrons. The first-order chi connectivity index (χ1) is 5.02. The summed E-state index contributed by atoms with van der Waals surface area (Å²) in [5.41, 5.74) is -0.0199. The fraction of sp³-hybridized carbons (Fsp3) is 0.750. The van der Waals surface area contributed by atoms with Crippen molar-refractivity contribution in [3.8, 4) is 0 Å². The summed E-state index contributed by atoms with van der Waals surface area (Å²) in [6, 6.07) is 0. The minimum Gasteiger partial charge on any atom is -0.393 e. The van der Waals surface area contributed by atoms with Crippen LogP contribution in [0.1, 0.15) is 20.3 Å². The van der Waals surface area contributed by atoms with Gasteiger partial charge in [0.25, 0.3) is 0 Å². The van der Waals surface area contributed by atoms with E-state index in [2.05, 4.69) is 4.74 Å². The van der Waals surface area contributed by atoms with Crippen molar-refractivity contribution in [3.63, 3.8) is 0 Å². The third-order valence-corrected chi connectivity index (χ3v) is 2.75. The predicted octanol–water partition coefficient (Wildman–Crippen LogP) is 0.732. The van der Waals surface area contributed by atoms with E-state index in [0.29, 0.717) is 0 Å². The Balaban J connectivity index is 2.28. The summed E-state index contributed by atoms with van der Waals surface area (Å²) in [5.74, 6) is -0.928. The second-order valence-electron chi connectivity index (χ2n) is 4.02. The summed E-state index contributed by atoms with van der Waals surface area (Å²) in [7, 11) is 0. The Morgan fingerprint density at radius 3 is 2.36 bits per heavy atom. The number of cyclic esters (lactones) is 2. The molecule has 2 fully saturated rings. The van der Waals surface area contributed by atoms with Crippen molar-refractivity contribution in [3.05, 3.63) is 0 Å². The van der Waals surface area contributed by atoms with Gasteiger partial charge in [-0.3, -0.25) is 9.59 Å².